The molecule has 1 atom stereocenters. The van der Waals surface area contributed by atoms with Crippen LogP contribution < -0.4 is 10.6 Å². The van der Waals surface area contributed by atoms with Gasteiger partial charge in [-0.2, -0.15) is 5.10 Å². The van der Waals surface area contributed by atoms with E-state index in [1.807, 2.05) is 12.3 Å². The SMILES string of the molecule is Cn1cc2cc(-c3cc(Cl)c4cc(N5CC[C@@H](CCCN)C5)cnc4n3)cc(F)c2n1. The van der Waals surface area contributed by atoms with Crippen LogP contribution in [-0.2, 0) is 7.05 Å². The summed E-state index contributed by atoms with van der Waals surface area (Å²) in [6, 6.07) is 7.15. The first-order valence-electron chi connectivity index (χ1n) is 10.6. The van der Waals surface area contributed by atoms with Crippen LogP contribution in [0.25, 0.3) is 33.2 Å². The standard InChI is InChI=1S/C23H24ClFN6/c1-30-13-16-7-15(8-20(25)22(16)29-30)21-10-19(24)18-9-17(11-27-23(18)28-21)31-6-4-14(12-31)3-2-5-26/h7-11,13-14H,2-6,12,26H2,1H3/t14-/m1/s1. The summed E-state index contributed by atoms with van der Waals surface area (Å²) < 4.78 is 16.1. The fraction of sp³-hybridized carbons (Fsp3) is 0.348. The molecule has 1 aromatic carbocycles. The van der Waals surface area contributed by atoms with Crippen LogP contribution in [0.1, 0.15) is 19.3 Å². The Morgan fingerprint density at radius 2 is 2.13 bits per heavy atom. The van der Waals surface area contributed by atoms with E-state index < -0.39 is 0 Å². The van der Waals surface area contributed by atoms with Gasteiger partial charge >= 0.3 is 0 Å². The molecule has 31 heavy (non-hydrogen) atoms. The van der Waals surface area contributed by atoms with Gasteiger partial charge in [0, 0.05) is 42.7 Å². The van der Waals surface area contributed by atoms with Gasteiger partial charge in [0.05, 0.1) is 22.6 Å². The molecule has 1 aliphatic rings. The monoisotopic (exact) mass is 438 g/mol. The minimum absolute atomic E-state index is 0.344. The Morgan fingerprint density at radius 3 is 2.97 bits per heavy atom. The van der Waals surface area contributed by atoms with Crippen molar-refractivity contribution < 1.29 is 4.39 Å². The molecular weight excluding hydrogens is 415 g/mol. The fourth-order valence-electron chi connectivity index (χ4n) is 4.45. The minimum atomic E-state index is -0.382. The van der Waals surface area contributed by atoms with E-state index in [0.29, 0.717) is 33.4 Å². The van der Waals surface area contributed by atoms with E-state index in [1.54, 1.807) is 24.0 Å². The third-order valence-electron chi connectivity index (χ3n) is 6.04. The largest absolute Gasteiger partial charge is 0.370 e. The van der Waals surface area contributed by atoms with E-state index in [2.05, 4.69) is 26.0 Å². The van der Waals surface area contributed by atoms with Crippen LogP contribution in [-0.4, -0.2) is 39.4 Å². The summed E-state index contributed by atoms with van der Waals surface area (Å²) in [5.41, 5.74) is 8.84. The second-order valence-electron chi connectivity index (χ2n) is 8.28. The quantitative estimate of drug-likeness (QED) is 0.495. The highest BCUT2D eigenvalue weighted by molar-refractivity contribution is 6.35. The van der Waals surface area contributed by atoms with Gasteiger partial charge in [-0.05, 0) is 56.0 Å². The van der Waals surface area contributed by atoms with Crippen molar-refractivity contribution in [3.63, 3.8) is 0 Å². The van der Waals surface area contributed by atoms with Crippen LogP contribution in [0.3, 0.4) is 0 Å². The number of aryl methyl sites for hydroxylation is 1. The number of rotatable bonds is 5. The zero-order valence-electron chi connectivity index (χ0n) is 17.4. The Kier molecular flexibility index (Phi) is 5.24. The maximum absolute atomic E-state index is 14.5. The third-order valence-corrected chi connectivity index (χ3v) is 6.35. The Hall–Kier alpha value is -2.77. The molecule has 0 spiro atoms. The summed E-state index contributed by atoms with van der Waals surface area (Å²) in [6.07, 6.45) is 7.04. The van der Waals surface area contributed by atoms with Gasteiger partial charge in [-0.25, -0.2) is 14.4 Å². The summed E-state index contributed by atoms with van der Waals surface area (Å²) in [4.78, 5) is 11.6. The number of hydrogen-bond donors (Lipinski definition) is 1. The van der Waals surface area contributed by atoms with Gasteiger partial charge in [0.15, 0.2) is 11.5 Å². The summed E-state index contributed by atoms with van der Waals surface area (Å²) in [5.74, 6) is 0.292. The first-order chi connectivity index (χ1) is 15.0. The topological polar surface area (TPSA) is 72.9 Å². The van der Waals surface area contributed by atoms with Gasteiger partial charge < -0.3 is 10.6 Å². The predicted molar refractivity (Wildman–Crippen MR) is 123 cm³/mol. The molecule has 0 aliphatic carbocycles. The minimum Gasteiger partial charge on any atom is -0.370 e. The van der Waals surface area contributed by atoms with Gasteiger partial charge in [-0.3, -0.25) is 4.68 Å². The van der Waals surface area contributed by atoms with Crippen molar-refractivity contribution in [2.75, 3.05) is 24.5 Å². The Balaban J connectivity index is 1.47. The summed E-state index contributed by atoms with van der Waals surface area (Å²) in [7, 11) is 1.77. The number of halogens is 2. The Morgan fingerprint density at radius 1 is 1.26 bits per heavy atom. The van der Waals surface area contributed by atoms with Crippen molar-refractivity contribution in [3.8, 4) is 11.3 Å². The molecule has 5 rings (SSSR count). The van der Waals surface area contributed by atoms with Crippen molar-refractivity contribution in [1.29, 1.82) is 0 Å². The van der Waals surface area contributed by atoms with E-state index in [4.69, 9.17) is 17.3 Å². The number of pyridine rings is 2. The molecule has 3 aromatic heterocycles. The fourth-order valence-corrected chi connectivity index (χ4v) is 4.69. The Bertz CT molecular complexity index is 1270. The van der Waals surface area contributed by atoms with E-state index >= 15 is 0 Å². The van der Waals surface area contributed by atoms with E-state index in [0.717, 1.165) is 48.9 Å². The van der Waals surface area contributed by atoms with E-state index in [-0.39, 0.29) is 5.82 Å². The summed E-state index contributed by atoms with van der Waals surface area (Å²) in [6.45, 7) is 2.77. The first kappa shape index (κ1) is 20.2. The van der Waals surface area contributed by atoms with Crippen molar-refractivity contribution in [1.82, 2.24) is 19.7 Å². The number of anilines is 1. The number of fused-ring (bicyclic) bond motifs is 2. The highest BCUT2D eigenvalue weighted by Crippen LogP contribution is 2.33. The average Bonchev–Trinajstić information content (AvgIpc) is 3.38. The van der Waals surface area contributed by atoms with Gasteiger partial charge in [0.25, 0.3) is 0 Å². The summed E-state index contributed by atoms with van der Waals surface area (Å²) in [5, 5.41) is 6.23. The van der Waals surface area contributed by atoms with Crippen LogP contribution in [0.5, 0.6) is 0 Å². The van der Waals surface area contributed by atoms with Crippen molar-refractivity contribution in [2.45, 2.75) is 19.3 Å². The van der Waals surface area contributed by atoms with E-state index in [1.165, 1.54) is 12.5 Å². The normalized spacial score (nSPS) is 16.6. The maximum atomic E-state index is 14.5. The molecule has 0 saturated carbocycles. The smallest absolute Gasteiger partial charge is 0.161 e. The number of nitrogens with zero attached hydrogens (tertiary/aromatic N) is 5. The molecule has 1 saturated heterocycles. The molecule has 0 unspecified atom stereocenters. The average molecular weight is 439 g/mol. The zero-order valence-corrected chi connectivity index (χ0v) is 18.1. The molecule has 8 heteroatoms. The number of hydrogen-bond acceptors (Lipinski definition) is 5. The maximum Gasteiger partial charge on any atom is 0.161 e. The number of benzene rings is 1. The molecular formula is C23H24ClFN6. The first-order valence-corrected chi connectivity index (χ1v) is 10.9. The zero-order chi connectivity index (χ0) is 21.5. The lowest BCUT2D eigenvalue weighted by Gasteiger charge is -2.19. The van der Waals surface area contributed by atoms with Crippen molar-refractivity contribution in [3.05, 3.63) is 47.5 Å². The van der Waals surface area contributed by atoms with Crippen molar-refractivity contribution >= 4 is 39.2 Å². The van der Waals surface area contributed by atoms with E-state index in [9.17, 15) is 4.39 Å². The highest BCUT2D eigenvalue weighted by atomic mass is 35.5. The summed E-state index contributed by atoms with van der Waals surface area (Å²) >= 11 is 6.63. The lowest BCUT2D eigenvalue weighted by molar-refractivity contribution is 0.519. The van der Waals surface area contributed by atoms with Crippen molar-refractivity contribution in [2.24, 2.45) is 18.7 Å². The lowest BCUT2D eigenvalue weighted by Crippen LogP contribution is -2.20. The molecule has 2 N–H and O–H groups in total. The number of nitrogens with two attached hydrogens (primary N) is 1. The predicted octanol–water partition coefficient (Wildman–Crippen LogP) is 4.54. The number of aromatic nitrogens is 4. The van der Waals surface area contributed by atoms with Crippen LogP contribution in [0.4, 0.5) is 10.1 Å². The van der Waals surface area contributed by atoms with Gasteiger partial charge in [0.1, 0.15) is 5.52 Å². The molecule has 160 valence electrons. The van der Waals surface area contributed by atoms with Gasteiger partial charge in [-0.1, -0.05) is 11.6 Å². The van der Waals surface area contributed by atoms with Gasteiger partial charge in [-0.15, -0.1) is 0 Å². The molecule has 1 aliphatic heterocycles. The molecule has 4 aromatic rings. The second kappa shape index (κ2) is 8.05. The molecule has 1 fully saturated rings. The molecule has 0 bridgehead atoms. The molecule has 4 heterocycles. The van der Waals surface area contributed by atoms with Crippen LogP contribution in [0.15, 0.2) is 36.7 Å². The van der Waals surface area contributed by atoms with Crippen LogP contribution in [0.2, 0.25) is 5.02 Å². The molecule has 0 amide bonds. The highest BCUT2D eigenvalue weighted by Gasteiger charge is 2.23. The van der Waals surface area contributed by atoms with Crippen LogP contribution in [0, 0.1) is 11.7 Å². The van der Waals surface area contributed by atoms with Crippen LogP contribution >= 0.6 is 11.6 Å². The second-order valence-corrected chi connectivity index (χ2v) is 8.69. The lowest BCUT2D eigenvalue weighted by atomic mass is 10.0. The van der Waals surface area contributed by atoms with Gasteiger partial charge in [0.2, 0.25) is 0 Å². The third kappa shape index (κ3) is 3.83. The molecule has 0 radical (unpaired) electrons. The molecule has 6 nitrogen and oxygen atoms in total. The Labute approximate surface area is 184 Å².